The lowest BCUT2D eigenvalue weighted by Gasteiger charge is -2.20. The van der Waals surface area contributed by atoms with E-state index in [4.69, 9.17) is 17.0 Å². The molecule has 1 aliphatic rings. The molecule has 1 aromatic carbocycles. The number of aryl methyl sites for hydroxylation is 1. The summed E-state index contributed by atoms with van der Waals surface area (Å²) in [6, 6.07) is 8.08. The number of H-pyrrole nitrogens is 1. The number of para-hydroxylation sites is 1. The molecule has 0 unspecified atom stereocenters. The Labute approximate surface area is 104 Å². The zero-order chi connectivity index (χ0) is 11.7. The molecule has 0 spiro atoms. The van der Waals surface area contributed by atoms with E-state index in [1.54, 1.807) is 6.33 Å². The van der Waals surface area contributed by atoms with Crippen LogP contribution in [0.5, 0.6) is 5.75 Å². The van der Waals surface area contributed by atoms with Gasteiger partial charge in [0.05, 0.1) is 18.6 Å². The number of benzene rings is 1. The Morgan fingerprint density at radius 2 is 2.29 bits per heavy atom. The van der Waals surface area contributed by atoms with E-state index in [0.717, 1.165) is 36.5 Å². The number of aromatic amines is 1. The van der Waals surface area contributed by atoms with Crippen LogP contribution in [0.15, 0.2) is 30.6 Å². The highest BCUT2D eigenvalue weighted by Crippen LogP contribution is 2.34. The molecule has 0 atom stereocenters. The van der Waals surface area contributed by atoms with Crippen molar-refractivity contribution in [1.29, 1.82) is 0 Å². The number of nitrogens with one attached hydrogen (secondary N) is 1. The summed E-state index contributed by atoms with van der Waals surface area (Å²) in [6.45, 7) is 0.788. The van der Waals surface area contributed by atoms with Crippen LogP contribution < -0.4 is 4.74 Å². The fraction of sp³-hybridized carbons (Fsp3) is 0.231. The molecule has 17 heavy (non-hydrogen) atoms. The van der Waals surface area contributed by atoms with Crippen LogP contribution >= 0.6 is 12.2 Å². The van der Waals surface area contributed by atoms with Gasteiger partial charge in [0.15, 0.2) is 0 Å². The first kappa shape index (κ1) is 10.5. The lowest BCUT2D eigenvalue weighted by Crippen LogP contribution is -2.09. The monoisotopic (exact) mass is 244 g/mol. The van der Waals surface area contributed by atoms with Gasteiger partial charge in [0, 0.05) is 5.56 Å². The molecule has 1 aromatic heterocycles. The SMILES string of the molecule is S=c1cc(-c2cccc3c2OCCC3)[nH]cn1. The van der Waals surface area contributed by atoms with Gasteiger partial charge in [0.2, 0.25) is 0 Å². The van der Waals surface area contributed by atoms with Gasteiger partial charge in [-0.15, -0.1) is 0 Å². The standard InChI is InChI=1S/C13H12N2OS/c17-12-7-11(14-8-15-12)10-5-1-3-9-4-2-6-16-13(9)10/h1,3,5,7-8H,2,4,6H2,(H,14,15,17). The van der Waals surface area contributed by atoms with Gasteiger partial charge >= 0.3 is 0 Å². The number of nitrogens with zero attached hydrogens (tertiary/aromatic N) is 1. The van der Waals surface area contributed by atoms with Gasteiger partial charge in [0.1, 0.15) is 10.4 Å². The fourth-order valence-electron chi connectivity index (χ4n) is 2.12. The molecule has 0 bridgehead atoms. The van der Waals surface area contributed by atoms with Crippen molar-refractivity contribution in [3.63, 3.8) is 0 Å². The maximum absolute atomic E-state index is 5.77. The van der Waals surface area contributed by atoms with Crippen molar-refractivity contribution in [2.75, 3.05) is 6.61 Å². The van der Waals surface area contributed by atoms with Crippen LogP contribution in [0.1, 0.15) is 12.0 Å². The van der Waals surface area contributed by atoms with E-state index in [-0.39, 0.29) is 0 Å². The highest BCUT2D eigenvalue weighted by Gasteiger charge is 2.15. The average Bonchev–Trinajstić information content (AvgIpc) is 2.38. The zero-order valence-electron chi connectivity index (χ0n) is 9.27. The molecule has 0 saturated carbocycles. The van der Waals surface area contributed by atoms with Crippen LogP contribution in [-0.2, 0) is 6.42 Å². The summed E-state index contributed by atoms with van der Waals surface area (Å²) in [5.41, 5.74) is 3.30. The van der Waals surface area contributed by atoms with Gasteiger partial charge in [0.25, 0.3) is 0 Å². The molecular weight excluding hydrogens is 232 g/mol. The van der Waals surface area contributed by atoms with Crippen LogP contribution in [0.25, 0.3) is 11.3 Å². The van der Waals surface area contributed by atoms with Crippen LogP contribution in [0.3, 0.4) is 0 Å². The van der Waals surface area contributed by atoms with Gasteiger partial charge in [-0.25, -0.2) is 4.98 Å². The number of rotatable bonds is 1. The highest BCUT2D eigenvalue weighted by atomic mass is 32.1. The lowest BCUT2D eigenvalue weighted by atomic mass is 10.0. The second-order valence-electron chi connectivity index (χ2n) is 4.04. The minimum atomic E-state index is 0.590. The van der Waals surface area contributed by atoms with Gasteiger partial charge in [-0.2, -0.15) is 0 Å². The van der Waals surface area contributed by atoms with E-state index in [2.05, 4.69) is 22.1 Å². The molecule has 0 saturated heterocycles. The first-order valence-corrected chi connectivity index (χ1v) is 6.05. The summed E-state index contributed by atoms with van der Waals surface area (Å²) in [7, 11) is 0. The summed E-state index contributed by atoms with van der Waals surface area (Å²) in [4.78, 5) is 7.11. The van der Waals surface area contributed by atoms with E-state index >= 15 is 0 Å². The molecule has 3 rings (SSSR count). The number of hydrogen-bond acceptors (Lipinski definition) is 3. The lowest BCUT2D eigenvalue weighted by molar-refractivity contribution is 0.289. The molecule has 1 N–H and O–H groups in total. The topological polar surface area (TPSA) is 37.9 Å². The predicted octanol–water partition coefficient (Wildman–Crippen LogP) is 3.13. The first-order chi connectivity index (χ1) is 8.34. The Balaban J connectivity index is 2.18. The van der Waals surface area contributed by atoms with Crippen molar-refractivity contribution >= 4 is 12.2 Å². The average molecular weight is 244 g/mol. The van der Waals surface area contributed by atoms with Crippen molar-refractivity contribution < 1.29 is 4.74 Å². The molecule has 2 heterocycles. The normalized spacial score (nSPS) is 13.9. The van der Waals surface area contributed by atoms with E-state index in [1.165, 1.54) is 5.56 Å². The maximum Gasteiger partial charge on any atom is 0.131 e. The number of aromatic nitrogens is 2. The third-order valence-corrected chi connectivity index (χ3v) is 3.13. The highest BCUT2D eigenvalue weighted by molar-refractivity contribution is 7.71. The van der Waals surface area contributed by atoms with Crippen LogP contribution in [0.2, 0.25) is 0 Å². The molecule has 86 valence electrons. The Kier molecular flexibility index (Phi) is 2.65. The molecule has 4 heteroatoms. The minimum absolute atomic E-state index is 0.590. The Morgan fingerprint density at radius 3 is 3.18 bits per heavy atom. The van der Waals surface area contributed by atoms with Gasteiger partial charge in [-0.05, 0) is 30.5 Å². The van der Waals surface area contributed by atoms with Crippen molar-refractivity contribution in [1.82, 2.24) is 9.97 Å². The fourth-order valence-corrected chi connectivity index (χ4v) is 2.30. The summed E-state index contributed by atoms with van der Waals surface area (Å²) in [5.74, 6) is 0.982. The molecule has 1 aliphatic heterocycles. The number of ether oxygens (including phenoxy) is 1. The molecule has 0 amide bonds. The smallest absolute Gasteiger partial charge is 0.131 e. The molecule has 0 fully saturated rings. The second-order valence-corrected chi connectivity index (χ2v) is 4.46. The molecule has 3 nitrogen and oxygen atoms in total. The predicted molar refractivity (Wildman–Crippen MR) is 68.7 cm³/mol. The van der Waals surface area contributed by atoms with E-state index in [9.17, 15) is 0 Å². The first-order valence-electron chi connectivity index (χ1n) is 5.64. The van der Waals surface area contributed by atoms with Crippen molar-refractivity contribution in [3.05, 3.63) is 40.8 Å². The largest absolute Gasteiger partial charge is 0.493 e. The number of hydrogen-bond donors (Lipinski definition) is 1. The van der Waals surface area contributed by atoms with E-state index in [1.807, 2.05) is 12.1 Å². The van der Waals surface area contributed by atoms with Crippen LogP contribution in [0.4, 0.5) is 0 Å². The Hall–Kier alpha value is -1.68. The van der Waals surface area contributed by atoms with Crippen LogP contribution in [-0.4, -0.2) is 16.6 Å². The van der Waals surface area contributed by atoms with Crippen molar-refractivity contribution in [3.8, 4) is 17.0 Å². The summed E-state index contributed by atoms with van der Waals surface area (Å²) in [6.07, 6.45) is 3.79. The van der Waals surface area contributed by atoms with E-state index in [0.29, 0.717) is 4.64 Å². The molecular formula is C13H12N2OS. The third kappa shape index (κ3) is 1.96. The number of fused-ring (bicyclic) bond motifs is 1. The summed E-state index contributed by atoms with van der Waals surface area (Å²) in [5, 5.41) is 0. The molecule has 0 radical (unpaired) electrons. The third-order valence-electron chi connectivity index (χ3n) is 2.90. The molecule has 2 aromatic rings. The van der Waals surface area contributed by atoms with Gasteiger partial charge in [-0.3, -0.25) is 0 Å². The van der Waals surface area contributed by atoms with Crippen molar-refractivity contribution in [2.45, 2.75) is 12.8 Å². The van der Waals surface area contributed by atoms with Gasteiger partial charge < -0.3 is 9.72 Å². The van der Waals surface area contributed by atoms with Gasteiger partial charge in [-0.1, -0.05) is 24.4 Å². The molecule has 0 aliphatic carbocycles. The summed E-state index contributed by atoms with van der Waals surface area (Å²) < 4.78 is 6.36. The quantitative estimate of drug-likeness (QED) is 0.783. The van der Waals surface area contributed by atoms with Crippen molar-refractivity contribution in [2.24, 2.45) is 0 Å². The Bertz CT molecular complexity index is 606. The Morgan fingerprint density at radius 1 is 1.35 bits per heavy atom. The summed E-state index contributed by atoms with van der Waals surface area (Å²) >= 11 is 5.08. The zero-order valence-corrected chi connectivity index (χ0v) is 10.1. The van der Waals surface area contributed by atoms with Crippen LogP contribution in [0, 0.1) is 4.64 Å². The maximum atomic E-state index is 5.77. The minimum Gasteiger partial charge on any atom is -0.493 e. The second kappa shape index (κ2) is 4.30. The van der Waals surface area contributed by atoms with E-state index < -0.39 is 0 Å².